The molecule has 4 rings (SSSR count). The Morgan fingerprint density at radius 2 is 1.96 bits per heavy atom. The molecule has 28 heavy (non-hydrogen) atoms. The lowest BCUT2D eigenvalue weighted by atomic mass is 10.3. The first-order valence-electron chi connectivity index (χ1n) is 8.32. The Hall–Kier alpha value is -3.10. The highest BCUT2D eigenvalue weighted by atomic mass is 32.1. The Balaban J connectivity index is 1.33. The van der Waals surface area contributed by atoms with Crippen LogP contribution in [0, 0.1) is 5.82 Å². The van der Waals surface area contributed by atoms with Gasteiger partial charge in [-0.1, -0.05) is 0 Å². The molecule has 5 nitrogen and oxygen atoms in total. The quantitative estimate of drug-likeness (QED) is 0.463. The summed E-state index contributed by atoms with van der Waals surface area (Å²) in [7, 11) is 0. The van der Waals surface area contributed by atoms with Crippen molar-refractivity contribution in [2.45, 2.75) is 6.42 Å². The fourth-order valence-corrected chi connectivity index (χ4v) is 3.95. The summed E-state index contributed by atoms with van der Waals surface area (Å²) in [5, 5.41) is 9.63. The second-order valence-corrected chi connectivity index (χ2v) is 7.46. The summed E-state index contributed by atoms with van der Waals surface area (Å²) in [4.78, 5) is 20.9. The molecule has 0 unspecified atom stereocenters. The molecule has 1 amide bonds. The average Bonchev–Trinajstić information content (AvgIpc) is 3.37. The van der Waals surface area contributed by atoms with Crippen LogP contribution in [0.15, 0.2) is 64.8 Å². The molecule has 4 aromatic rings. The lowest BCUT2D eigenvalue weighted by Crippen LogP contribution is -2.14. The Labute approximate surface area is 168 Å². The van der Waals surface area contributed by atoms with E-state index in [0.717, 1.165) is 16.3 Å². The second-order valence-electron chi connectivity index (χ2n) is 5.82. The number of pyridine rings is 1. The van der Waals surface area contributed by atoms with Gasteiger partial charge in [0.15, 0.2) is 0 Å². The van der Waals surface area contributed by atoms with Crippen molar-refractivity contribution >= 4 is 34.3 Å². The number of benzene rings is 1. The largest absolute Gasteiger partial charge is 0.439 e. The van der Waals surface area contributed by atoms with Crippen molar-refractivity contribution < 1.29 is 13.9 Å². The van der Waals surface area contributed by atoms with Crippen LogP contribution in [-0.4, -0.2) is 15.9 Å². The molecule has 0 radical (unpaired) electrons. The molecule has 140 valence electrons. The monoisotopic (exact) mass is 411 g/mol. The molecule has 1 aromatic carbocycles. The third kappa shape index (κ3) is 4.59. The maximum absolute atomic E-state index is 12.9. The molecule has 0 atom stereocenters. The highest BCUT2D eigenvalue weighted by Gasteiger charge is 2.10. The zero-order chi connectivity index (χ0) is 19.3. The van der Waals surface area contributed by atoms with Crippen LogP contribution in [0.5, 0.6) is 11.6 Å². The van der Waals surface area contributed by atoms with Crippen LogP contribution in [-0.2, 0) is 11.2 Å². The summed E-state index contributed by atoms with van der Waals surface area (Å²) in [6, 6.07) is 11.0. The maximum Gasteiger partial charge on any atom is 0.230 e. The maximum atomic E-state index is 12.9. The van der Waals surface area contributed by atoms with E-state index in [9.17, 15) is 9.18 Å². The van der Waals surface area contributed by atoms with Gasteiger partial charge in [0.25, 0.3) is 0 Å². The van der Waals surface area contributed by atoms with Crippen LogP contribution in [0.1, 0.15) is 5.69 Å². The van der Waals surface area contributed by atoms with Crippen molar-refractivity contribution in [3.63, 3.8) is 0 Å². The van der Waals surface area contributed by atoms with Gasteiger partial charge in [0, 0.05) is 22.4 Å². The zero-order valence-corrected chi connectivity index (χ0v) is 16.1. The predicted octanol–water partition coefficient (Wildman–Crippen LogP) is 5.38. The SMILES string of the molecule is O=C(Cc1csc(-c2ccsc2)n1)Nc1ccc(Oc2ccc(F)cc2)nc1. The summed E-state index contributed by atoms with van der Waals surface area (Å²) in [6.45, 7) is 0. The fourth-order valence-electron chi connectivity index (χ4n) is 2.41. The minimum atomic E-state index is -0.332. The third-order valence-electron chi connectivity index (χ3n) is 3.72. The summed E-state index contributed by atoms with van der Waals surface area (Å²) in [5.74, 6) is 0.331. The van der Waals surface area contributed by atoms with Gasteiger partial charge < -0.3 is 10.1 Å². The van der Waals surface area contributed by atoms with Gasteiger partial charge in [0.05, 0.1) is 24.0 Å². The minimum Gasteiger partial charge on any atom is -0.439 e. The van der Waals surface area contributed by atoms with Gasteiger partial charge in [-0.15, -0.1) is 11.3 Å². The molecule has 0 aliphatic rings. The number of thiophene rings is 1. The van der Waals surface area contributed by atoms with Gasteiger partial charge in [-0.2, -0.15) is 11.3 Å². The van der Waals surface area contributed by atoms with Crippen LogP contribution in [0.25, 0.3) is 10.6 Å². The van der Waals surface area contributed by atoms with Crippen molar-refractivity contribution in [3.8, 4) is 22.2 Å². The molecule has 3 heterocycles. The summed E-state index contributed by atoms with van der Waals surface area (Å²) in [6.07, 6.45) is 1.70. The molecule has 0 aliphatic carbocycles. The molecule has 0 fully saturated rings. The number of carbonyl (C=O) groups is 1. The Kier molecular flexibility index (Phi) is 5.41. The Bertz CT molecular complexity index is 1060. The number of aromatic nitrogens is 2. The molecule has 0 saturated heterocycles. The highest BCUT2D eigenvalue weighted by molar-refractivity contribution is 7.14. The van der Waals surface area contributed by atoms with E-state index in [0.29, 0.717) is 17.3 Å². The molecule has 0 bridgehead atoms. The van der Waals surface area contributed by atoms with E-state index in [-0.39, 0.29) is 18.1 Å². The van der Waals surface area contributed by atoms with E-state index in [1.165, 1.54) is 41.8 Å². The van der Waals surface area contributed by atoms with Crippen LogP contribution in [0.2, 0.25) is 0 Å². The summed E-state index contributed by atoms with van der Waals surface area (Å²) < 4.78 is 18.4. The van der Waals surface area contributed by atoms with E-state index < -0.39 is 0 Å². The smallest absolute Gasteiger partial charge is 0.230 e. The van der Waals surface area contributed by atoms with Gasteiger partial charge in [0.2, 0.25) is 11.8 Å². The number of nitrogens with one attached hydrogen (secondary N) is 1. The predicted molar refractivity (Wildman–Crippen MR) is 108 cm³/mol. The molecule has 0 spiro atoms. The van der Waals surface area contributed by atoms with Gasteiger partial charge in [0.1, 0.15) is 16.6 Å². The first-order valence-corrected chi connectivity index (χ1v) is 10.1. The summed E-state index contributed by atoms with van der Waals surface area (Å²) >= 11 is 3.14. The van der Waals surface area contributed by atoms with Crippen molar-refractivity contribution in [1.29, 1.82) is 0 Å². The van der Waals surface area contributed by atoms with Crippen molar-refractivity contribution in [3.05, 3.63) is 76.3 Å². The number of ether oxygens (including phenoxy) is 1. The molecule has 3 aromatic heterocycles. The second kappa shape index (κ2) is 8.28. The van der Waals surface area contributed by atoms with Gasteiger partial charge in [-0.05, 0) is 41.8 Å². The Morgan fingerprint density at radius 1 is 1.11 bits per heavy atom. The van der Waals surface area contributed by atoms with E-state index in [1.54, 1.807) is 23.5 Å². The van der Waals surface area contributed by atoms with Crippen molar-refractivity contribution in [2.24, 2.45) is 0 Å². The molecule has 1 N–H and O–H groups in total. The Morgan fingerprint density at radius 3 is 2.68 bits per heavy atom. The van der Waals surface area contributed by atoms with Gasteiger partial charge in [-0.3, -0.25) is 4.79 Å². The van der Waals surface area contributed by atoms with E-state index in [1.807, 2.05) is 22.2 Å². The molecule has 0 saturated carbocycles. The van der Waals surface area contributed by atoms with E-state index in [4.69, 9.17) is 4.74 Å². The van der Waals surface area contributed by atoms with Crippen LogP contribution in [0.3, 0.4) is 0 Å². The average molecular weight is 411 g/mol. The summed E-state index contributed by atoms with van der Waals surface area (Å²) in [5.41, 5.74) is 2.36. The molecule has 0 aliphatic heterocycles. The van der Waals surface area contributed by atoms with Gasteiger partial charge >= 0.3 is 0 Å². The van der Waals surface area contributed by atoms with Crippen LogP contribution in [0.4, 0.5) is 10.1 Å². The van der Waals surface area contributed by atoms with Crippen LogP contribution < -0.4 is 10.1 Å². The molecular formula is C20H14FN3O2S2. The number of anilines is 1. The van der Waals surface area contributed by atoms with Gasteiger partial charge in [-0.25, -0.2) is 14.4 Å². The first kappa shape index (κ1) is 18.3. The number of nitrogens with zero attached hydrogens (tertiary/aromatic N) is 2. The molecule has 8 heteroatoms. The number of thiazole rings is 1. The van der Waals surface area contributed by atoms with E-state index >= 15 is 0 Å². The number of hydrogen-bond acceptors (Lipinski definition) is 6. The minimum absolute atomic E-state index is 0.170. The first-order chi connectivity index (χ1) is 13.7. The highest BCUT2D eigenvalue weighted by Crippen LogP contribution is 2.26. The lowest BCUT2D eigenvalue weighted by molar-refractivity contribution is -0.115. The number of rotatable bonds is 6. The number of amides is 1. The zero-order valence-electron chi connectivity index (χ0n) is 14.5. The molecular weight excluding hydrogens is 397 g/mol. The lowest BCUT2D eigenvalue weighted by Gasteiger charge is -2.07. The fraction of sp³-hybridized carbons (Fsp3) is 0.0500. The third-order valence-corrected chi connectivity index (χ3v) is 5.34. The normalized spacial score (nSPS) is 10.6. The van der Waals surface area contributed by atoms with Crippen molar-refractivity contribution in [1.82, 2.24) is 9.97 Å². The van der Waals surface area contributed by atoms with Crippen LogP contribution >= 0.6 is 22.7 Å². The number of halogens is 1. The number of carbonyl (C=O) groups excluding carboxylic acids is 1. The van der Waals surface area contributed by atoms with Crippen molar-refractivity contribution in [2.75, 3.05) is 5.32 Å². The topological polar surface area (TPSA) is 64.1 Å². The number of hydrogen-bond donors (Lipinski definition) is 1. The van der Waals surface area contributed by atoms with E-state index in [2.05, 4.69) is 15.3 Å². The standard InChI is InChI=1S/C20H14FN3O2S2/c21-14-1-4-17(5-2-14)26-19-6-3-15(10-22-19)23-18(25)9-16-12-28-20(24-16)13-7-8-27-11-13/h1-8,10-12H,9H2,(H,23,25).